The van der Waals surface area contributed by atoms with E-state index in [2.05, 4.69) is 17.9 Å². The smallest absolute Gasteiger partial charge is 0.326 e. The van der Waals surface area contributed by atoms with E-state index in [1.54, 1.807) is 6.92 Å². The second kappa shape index (κ2) is 5.88. The van der Waals surface area contributed by atoms with E-state index in [1.807, 2.05) is 0 Å². The van der Waals surface area contributed by atoms with Crippen LogP contribution in [0.1, 0.15) is 19.8 Å². The van der Waals surface area contributed by atoms with Crippen molar-refractivity contribution in [1.29, 1.82) is 0 Å². The first-order valence-corrected chi connectivity index (χ1v) is 4.38. The van der Waals surface area contributed by atoms with Crippen LogP contribution in [0.25, 0.3) is 0 Å². The van der Waals surface area contributed by atoms with Crippen LogP contribution in [0.5, 0.6) is 0 Å². The Kier molecular flexibility index (Phi) is 5.53. The molecule has 0 saturated carbocycles. The summed E-state index contributed by atoms with van der Waals surface area (Å²) in [7, 11) is 0. The average molecular weight is 191 g/mol. The van der Waals surface area contributed by atoms with Gasteiger partial charge in [0.1, 0.15) is 6.04 Å². The number of thiol groups is 1. The minimum absolute atomic E-state index is 0.246. The second-order valence-electron chi connectivity index (χ2n) is 2.32. The van der Waals surface area contributed by atoms with Gasteiger partial charge >= 0.3 is 5.97 Å². The van der Waals surface area contributed by atoms with Crippen LogP contribution in [-0.2, 0) is 9.59 Å². The molecule has 0 heterocycles. The van der Waals surface area contributed by atoms with Crippen molar-refractivity contribution in [2.75, 3.05) is 5.75 Å². The van der Waals surface area contributed by atoms with Crippen molar-refractivity contribution in [1.82, 2.24) is 5.32 Å². The summed E-state index contributed by atoms with van der Waals surface area (Å²) in [5.74, 6) is -0.809. The highest BCUT2D eigenvalue weighted by molar-refractivity contribution is 7.80. The summed E-state index contributed by atoms with van der Waals surface area (Å²) in [5.41, 5.74) is 0. The zero-order chi connectivity index (χ0) is 9.56. The van der Waals surface area contributed by atoms with E-state index in [4.69, 9.17) is 5.11 Å². The van der Waals surface area contributed by atoms with E-state index in [0.29, 0.717) is 18.6 Å². The molecule has 0 aliphatic heterocycles. The highest BCUT2D eigenvalue weighted by Gasteiger charge is 2.17. The van der Waals surface area contributed by atoms with Gasteiger partial charge in [0.2, 0.25) is 5.91 Å². The lowest BCUT2D eigenvalue weighted by Crippen LogP contribution is -2.40. The quantitative estimate of drug-likeness (QED) is 0.547. The number of amides is 1. The maximum Gasteiger partial charge on any atom is 0.326 e. The van der Waals surface area contributed by atoms with Crippen molar-refractivity contribution in [2.24, 2.45) is 0 Å². The summed E-state index contributed by atoms with van der Waals surface area (Å²) in [6, 6.07) is -0.796. The Morgan fingerprint density at radius 1 is 1.58 bits per heavy atom. The SMILES string of the molecule is CCC(=O)NC(CCS)C(=O)O. The number of nitrogens with one attached hydrogen (secondary N) is 1. The van der Waals surface area contributed by atoms with Gasteiger partial charge in [0.15, 0.2) is 0 Å². The summed E-state index contributed by atoms with van der Waals surface area (Å²) >= 11 is 3.89. The number of hydrogen-bond acceptors (Lipinski definition) is 3. The van der Waals surface area contributed by atoms with Crippen LogP contribution in [0, 0.1) is 0 Å². The van der Waals surface area contributed by atoms with E-state index in [1.165, 1.54) is 0 Å². The molecule has 0 aromatic carbocycles. The first kappa shape index (κ1) is 11.3. The molecule has 1 amide bonds. The molecule has 4 nitrogen and oxygen atoms in total. The van der Waals surface area contributed by atoms with Crippen molar-refractivity contribution >= 4 is 24.5 Å². The average Bonchev–Trinajstić information content (AvgIpc) is 2.03. The predicted molar refractivity (Wildman–Crippen MR) is 48.3 cm³/mol. The minimum Gasteiger partial charge on any atom is -0.480 e. The van der Waals surface area contributed by atoms with Gasteiger partial charge in [-0.15, -0.1) is 0 Å². The van der Waals surface area contributed by atoms with Crippen molar-refractivity contribution < 1.29 is 14.7 Å². The molecule has 1 unspecified atom stereocenters. The Morgan fingerprint density at radius 3 is 2.50 bits per heavy atom. The molecule has 5 heteroatoms. The minimum atomic E-state index is -1.01. The van der Waals surface area contributed by atoms with Crippen LogP contribution in [0.2, 0.25) is 0 Å². The highest BCUT2D eigenvalue weighted by atomic mass is 32.1. The molecule has 0 bridgehead atoms. The number of hydrogen-bond donors (Lipinski definition) is 3. The molecule has 12 heavy (non-hydrogen) atoms. The molecule has 1 atom stereocenters. The van der Waals surface area contributed by atoms with Gasteiger partial charge in [-0.1, -0.05) is 6.92 Å². The lowest BCUT2D eigenvalue weighted by Gasteiger charge is -2.11. The molecule has 0 spiro atoms. The fraction of sp³-hybridized carbons (Fsp3) is 0.714. The van der Waals surface area contributed by atoms with Crippen LogP contribution < -0.4 is 5.32 Å². The molecule has 0 fully saturated rings. The lowest BCUT2D eigenvalue weighted by molar-refractivity contribution is -0.141. The molecule has 70 valence electrons. The summed E-state index contributed by atoms with van der Waals surface area (Å²) in [6.45, 7) is 1.68. The predicted octanol–water partition coefficient (Wildman–Crippen LogP) is 0.286. The molecule has 0 rings (SSSR count). The van der Waals surface area contributed by atoms with Gasteiger partial charge in [0, 0.05) is 6.42 Å². The molecule has 0 saturated heterocycles. The molecule has 0 radical (unpaired) electrons. The maximum absolute atomic E-state index is 10.8. The monoisotopic (exact) mass is 191 g/mol. The van der Waals surface area contributed by atoms with Crippen LogP contribution in [-0.4, -0.2) is 28.8 Å². The number of carbonyl (C=O) groups is 2. The summed E-state index contributed by atoms with van der Waals surface area (Å²) in [4.78, 5) is 21.3. The largest absolute Gasteiger partial charge is 0.480 e. The van der Waals surface area contributed by atoms with Gasteiger partial charge in [-0.2, -0.15) is 12.6 Å². The summed E-state index contributed by atoms with van der Waals surface area (Å²) in [5, 5.41) is 11.0. The molecule has 0 aliphatic rings. The van der Waals surface area contributed by atoms with Gasteiger partial charge < -0.3 is 10.4 Å². The molecule has 0 aliphatic carbocycles. The normalized spacial score (nSPS) is 12.2. The maximum atomic E-state index is 10.8. The van der Waals surface area contributed by atoms with Crippen LogP contribution >= 0.6 is 12.6 Å². The standard InChI is InChI=1S/C7H13NO3S/c1-2-6(9)8-5(3-4-12)7(10)11/h5,12H,2-4H2,1H3,(H,8,9)(H,10,11). The molecule has 0 aromatic rings. The third kappa shape index (κ3) is 4.23. The van der Waals surface area contributed by atoms with Crippen molar-refractivity contribution in [3.8, 4) is 0 Å². The van der Waals surface area contributed by atoms with Crippen LogP contribution in [0.15, 0.2) is 0 Å². The number of carbonyl (C=O) groups excluding carboxylic acids is 1. The molecule has 0 aromatic heterocycles. The summed E-state index contributed by atoms with van der Waals surface area (Å²) < 4.78 is 0. The van der Waals surface area contributed by atoms with E-state index in [0.717, 1.165) is 0 Å². The first-order valence-electron chi connectivity index (χ1n) is 3.74. The fourth-order valence-electron chi connectivity index (χ4n) is 0.683. The third-order valence-corrected chi connectivity index (χ3v) is 1.63. The Morgan fingerprint density at radius 2 is 2.17 bits per heavy atom. The van der Waals surface area contributed by atoms with Crippen LogP contribution in [0.3, 0.4) is 0 Å². The molecule has 2 N–H and O–H groups in total. The van der Waals surface area contributed by atoms with Crippen LogP contribution in [0.4, 0.5) is 0 Å². The fourth-order valence-corrected chi connectivity index (χ4v) is 0.941. The Labute approximate surface area is 76.8 Å². The highest BCUT2D eigenvalue weighted by Crippen LogP contribution is 1.95. The van der Waals surface area contributed by atoms with Crippen molar-refractivity contribution in [2.45, 2.75) is 25.8 Å². The molecular weight excluding hydrogens is 178 g/mol. The van der Waals surface area contributed by atoms with Gasteiger partial charge in [-0.3, -0.25) is 4.79 Å². The van der Waals surface area contributed by atoms with Crippen molar-refractivity contribution in [3.05, 3.63) is 0 Å². The van der Waals surface area contributed by atoms with Gasteiger partial charge in [0.05, 0.1) is 0 Å². The summed E-state index contributed by atoms with van der Waals surface area (Å²) in [6.07, 6.45) is 0.653. The van der Waals surface area contributed by atoms with E-state index in [9.17, 15) is 9.59 Å². The Bertz CT molecular complexity index is 170. The van der Waals surface area contributed by atoms with E-state index in [-0.39, 0.29) is 5.91 Å². The number of carboxylic acids is 1. The first-order chi connectivity index (χ1) is 5.61. The van der Waals surface area contributed by atoms with Gasteiger partial charge in [-0.05, 0) is 12.2 Å². The second-order valence-corrected chi connectivity index (χ2v) is 2.77. The lowest BCUT2D eigenvalue weighted by atomic mass is 10.2. The Balaban J connectivity index is 3.95. The number of rotatable bonds is 5. The third-order valence-electron chi connectivity index (χ3n) is 1.37. The van der Waals surface area contributed by atoms with E-state index < -0.39 is 12.0 Å². The zero-order valence-corrected chi connectivity index (χ0v) is 7.80. The van der Waals surface area contributed by atoms with Gasteiger partial charge in [-0.25, -0.2) is 4.79 Å². The van der Waals surface area contributed by atoms with E-state index >= 15 is 0 Å². The van der Waals surface area contributed by atoms with Crippen molar-refractivity contribution in [3.63, 3.8) is 0 Å². The van der Waals surface area contributed by atoms with Gasteiger partial charge in [0.25, 0.3) is 0 Å². The Hall–Kier alpha value is -0.710. The number of carboxylic acid groups (broad SMARTS) is 1. The molecular formula is C7H13NO3S. The number of aliphatic carboxylic acids is 1. The zero-order valence-electron chi connectivity index (χ0n) is 6.91. The topological polar surface area (TPSA) is 66.4 Å².